The highest BCUT2D eigenvalue weighted by molar-refractivity contribution is 5.76. The summed E-state index contributed by atoms with van der Waals surface area (Å²) in [6.07, 6.45) is 53.9. The fourth-order valence-electron chi connectivity index (χ4n) is 11.0. The van der Waals surface area contributed by atoms with Gasteiger partial charge in [0, 0.05) is 6.42 Å². The van der Waals surface area contributed by atoms with Crippen LogP contribution in [0.2, 0.25) is 0 Å². The zero-order valence-electron chi connectivity index (χ0n) is 57.8. The largest absolute Gasteiger partial charge is 0.394 e. The molecule has 0 bridgehead atoms. The van der Waals surface area contributed by atoms with E-state index in [2.05, 4.69) is 153 Å². The Bertz CT molecular complexity index is 2310. The zero-order valence-corrected chi connectivity index (χ0v) is 57.8. The normalized spacial score (nSPS) is 27.9. The van der Waals surface area contributed by atoms with Crippen molar-refractivity contribution in [1.82, 2.24) is 5.32 Å². The highest BCUT2D eigenvalue weighted by atomic mass is 16.8. The van der Waals surface area contributed by atoms with Gasteiger partial charge in [0.05, 0.1) is 38.6 Å². The molecule has 3 heterocycles. The predicted molar refractivity (Wildman–Crippen MR) is 378 cm³/mol. The molecular weight excluding hydrogens is 1230 g/mol. The number of unbranched alkanes of at least 4 members (excludes halogenated alkanes) is 15. The number of nitrogens with one attached hydrogen (secondary N) is 1. The number of amides is 1. The number of carbonyl (C=O) groups is 1. The Kier molecular flexibility index (Phi) is 50.5. The van der Waals surface area contributed by atoms with Crippen LogP contribution in [-0.4, -0.2) is 193 Å². The van der Waals surface area contributed by atoms with Gasteiger partial charge in [-0.05, 0) is 116 Å². The molecule has 1 amide bonds. The molecule has 3 aliphatic heterocycles. The van der Waals surface area contributed by atoms with E-state index in [0.29, 0.717) is 12.8 Å². The number of aliphatic hydroxyl groups is 11. The lowest BCUT2D eigenvalue weighted by Gasteiger charge is -2.48. The molecule has 19 heteroatoms. The lowest BCUT2D eigenvalue weighted by atomic mass is 9.96. The summed E-state index contributed by atoms with van der Waals surface area (Å²) in [7, 11) is 0. The third-order valence-corrected chi connectivity index (χ3v) is 16.8. The Morgan fingerprint density at radius 2 is 0.729 bits per heavy atom. The minimum atomic E-state index is -1.99. The van der Waals surface area contributed by atoms with Crippen LogP contribution in [0.1, 0.15) is 200 Å². The van der Waals surface area contributed by atoms with Crippen LogP contribution in [0.4, 0.5) is 0 Å². The molecule has 17 atom stereocenters. The highest BCUT2D eigenvalue weighted by Crippen LogP contribution is 2.33. The van der Waals surface area contributed by atoms with E-state index in [-0.39, 0.29) is 12.3 Å². The van der Waals surface area contributed by atoms with Gasteiger partial charge in [0.1, 0.15) is 73.2 Å². The van der Waals surface area contributed by atoms with E-state index in [1.807, 2.05) is 6.08 Å². The molecule has 546 valence electrons. The van der Waals surface area contributed by atoms with Crippen molar-refractivity contribution in [3.05, 3.63) is 146 Å². The number of carbonyl (C=O) groups excluding carboxylic acids is 1. The summed E-state index contributed by atoms with van der Waals surface area (Å²) in [5.74, 6) is -0.315. The average Bonchev–Trinajstić information content (AvgIpc) is 0.787. The van der Waals surface area contributed by atoms with Gasteiger partial charge >= 0.3 is 0 Å². The number of aliphatic hydroxyl groups excluding tert-OH is 11. The molecule has 0 radical (unpaired) electrons. The number of allylic oxidation sites excluding steroid dienone is 23. The number of rotatable bonds is 53. The first-order valence-electron chi connectivity index (χ1n) is 36.1. The first-order valence-corrected chi connectivity index (χ1v) is 36.1. The Morgan fingerprint density at radius 3 is 1.17 bits per heavy atom. The van der Waals surface area contributed by atoms with Gasteiger partial charge in [0.25, 0.3) is 0 Å². The molecule has 0 aliphatic carbocycles. The van der Waals surface area contributed by atoms with Crippen molar-refractivity contribution in [3.63, 3.8) is 0 Å². The summed E-state index contributed by atoms with van der Waals surface area (Å²) < 4.78 is 34.3. The number of hydrogen-bond donors (Lipinski definition) is 12. The van der Waals surface area contributed by atoms with Gasteiger partial charge in [-0.2, -0.15) is 0 Å². The number of ether oxygens (including phenoxy) is 6. The SMILES string of the molecule is CC/C=C\C/C=C\C/C=C\C/C=C\C/C=C\C/C=C\C/C=C\C/C=C\C/C=C\CCCCCCCC(=O)NC(COC1OC(CO)C(OC2OC(CO)C(OC3OC(CO)C(O)C(O)C3O)C(O)C2O)C(O)C1O)C(O)/C=C/CC/C=C/CC/C=C/CCCCCCCCCC. The van der Waals surface area contributed by atoms with E-state index in [9.17, 15) is 61.0 Å². The Labute approximate surface area is 574 Å². The van der Waals surface area contributed by atoms with Gasteiger partial charge in [-0.25, -0.2) is 0 Å². The van der Waals surface area contributed by atoms with Crippen LogP contribution in [0.3, 0.4) is 0 Å². The number of hydrogen-bond acceptors (Lipinski definition) is 18. The van der Waals surface area contributed by atoms with Gasteiger partial charge in [-0.15, -0.1) is 0 Å². The molecule has 12 N–H and O–H groups in total. The lowest BCUT2D eigenvalue weighted by Crippen LogP contribution is -2.66. The van der Waals surface area contributed by atoms with E-state index in [0.717, 1.165) is 116 Å². The van der Waals surface area contributed by atoms with Crippen molar-refractivity contribution in [2.75, 3.05) is 26.4 Å². The summed E-state index contributed by atoms with van der Waals surface area (Å²) in [6, 6.07) is -1.02. The van der Waals surface area contributed by atoms with Crippen molar-refractivity contribution in [2.45, 2.75) is 304 Å². The molecule has 0 saturated carbocycles. The smallest absolute Gasteiger partial charge is 0.220 e. The van der Waals surface area contributed by atoms with Crippen molar-refractivity contribution in [2.24, 2.45) is 0 Å². The molecule has 3 fully saturated rings. The minimum absolute atomic E-state index is 0.199. The van der Waals surface area contributed by atoms with Crippen LogP contribution >= 0.6 is 0 Å². The van der Waals surface area contributed by atoms with Crippen molar-refractivity contribution >= 4 is 5.91 Å². The second kappa shape index (κ2) is 56.4. The molecule has 3 rings (SSSR count). The Morgan fingerprint density at radius 1 is 0.385 bits per heavy atom. The third kappa shape index (κ3) is 37.2. The maximum absolute atomic E-state index is 13.4. The van der Waals surface area contributed by atoms with Crippen LogP contribution in [0.15, 0.2) is 146 Å². The molecule has 0 aromatic heterocycles. The first-order chi connectivity index (χ1) is 46.8. The summed E-state index contributed by atoms with van der Waals surface area (Å²) in [6.45, 7) is 1.55. The van der Waals surface area contributed by atoms with E-state index in [4.69, 9.17) is 28.4 Å². The van der Waals surface area contributed by atoms with Crippen molar-refractivity contribution in [1.29, 1.82) is 0 Å². The molecule has 0 aromatic carbocycles. The van der Waals surface area contributed by atoms with Crippen molar-refractivity contribution < 1.29 is 89.4 Å². The van der Waals surface area contributed by atoms with Gasteiger partial charge in [-0.1, -0.05) is 224 Å². The maximum Gasteiger partial charge on any atom is 0.220 e. The first kappa shape index (κ1) is 85.9. The van der Waals surface area contributed by atoms with Crippen LogP contribution in [-0.2, 0) is 33.2 Å². The van der Waals surface area contributed by atoms with E-state index in [1.54, 1.807) is 6.08 Å². The minimum Gasteiger partial charge on any atom is -0.394 e. The predicted octanol–water partition coefficient (Wildman–Crippen LogP) is 10.3. The molecule has 17 unspecified atom stereocenters. The molecule has 19 nitrogen and oxygen atoms in total. The van der Waals surface area contributed by atoms with E-state index < -0.39 is 131 Å². The second-order valence-corrected chi connectivity index (χ2v) is 24.9. The quantitative estimate of drug-likeness (QED) is 0.0199. The molecule has 3 saturated heterocycles. The molecule has 0 spiro atoms. The van der Waals surface area contributed by atoms with E-state index in [1.165, 1.54) is 51.4 Å². The fourth-order valence-corrected chi connectivity index (χ4v) is 11.0. The summed E-state index contributed by atoms with van der Waals surface area (Å²) in [4.78, 5) is 13.4. The highest BCUT2D eigenvalue weighted by Gasteiger charge is 2.53. The Hall–Kier alpha value is -4.33. The second-order valence-electron chi connectivity index (χ2n) is 24.9. The summed E-state index contributed by atoms with van der Waals surface area (Å²) in [5, 5.41) is 121. The monoisotopic (exact) mass is 1350 g/mol. The summed E-state index contributed by atoms with van der Waals surface area (Å²) in [5.41, 5.74) is 0. The van der Waals surface area contributed by atoms with Gasteiger partial charge < -0.3 is 89.9 Å². The standard InChI is InChI=1S/C77H125NO18/c1-3-5-7-9-11-13-15-17-19-21-23-24-25-26-27-28-29-30-31-32-33-34-35-36-37-39-41-43-45-47-49-51-53-55-65(83)78-60(61(82)54-52-50-48-46-44-42-40-38-22-20-18-16-14-12-10-8-6-4-2)59-91-75-71(89)68(86)73(63(57-80)93-75)96-77-72(90)69(87)74(64(58-81)94-77)95-76-70(88)67(85)66(84)62(56-79)92-76/h5,7,11,13,17,19,22-24,26-27,29-30,32-33,35-36,38-39,41,44,46,52,54,60-64,66-77,79-82,84-90H,3-4,6,8-10,12,14-16,18,20-21,25,28,31,34,37,40,42-43,45,47-51,53,55-59H2,1-2H3,(H,78,83)/b7-5-,13-11-,19-17-,24-23-,27-26-,30-29-,33-32-,36-35-,38-22+,41-39-,46-44+,54-52+. The molecule has 3 aliphatic rings. The zero-order chi connectivity index (χ0) is 69.6. The van der Waals surface area contributed by atoms with Gasteiger partial charge in [-0.3, -0.25) is 4.79 Å². The van der Waals surface area contributed by atoms with Crippen LogP contribution in [0.5, 0.6) is 0 Å². The topological polar surface area (TPSA) is 307 Å². The van der Waals surface area contributed by atoms with Crippen molar-refractivity contribution in [3.8, 4) is 0 Å². The molecule has 0 aromatic rings. The van der Waals surface area contributed by atoms with Gasteiger partial charge in [0.2, 0.25) is 5.91 Å². The van der Waals surface area contributed by atoms with E-state index >= 15 is 0 Å². The van der Waals surface area contributed by atoms with Crippen LogP contribution < -0.4 is 5.32 Å². The average molecular weight is 1350 g/mol. The third-order valence-electron chi connectivity index (χ3n) is 16.8. The fraction of sp³-hybridized carbons (Fsp3) is 0.675. The summed E-state index contributed by atoms with van der Waals surface area (Å²) >= 11 is 0. The molecular formula is C77H125NO18. The lowest BCUT2D eigenvalue weighted by molar-refractivity contribution is -0.379. The van der Waals surface area contributed by atoms with Crippen LogP contribution in [0.25, 0.3) is 0 Å². The molecule has 96 heavy (non-hydrogen) atoms. The van der Waals surface area contributed by atoms with Crippen LogP contribution in [0, 0.1) is 0 Å². The van der Waals surface area contributed by atoms with Gasteiger partial charge in [0.15, 0.2) is 18.9 Å². The maximum atomic E-state index is 13.4. The Balaban J connectivity index is 1.43.